The third-order valence-electron chi connectivity index (χ3n) is 2.78. The van der Waals surface area contributed by atoms with Gasteiger partial charge in [0.2, 0.25) is 0 Å². The fourth-order valence-corrected chi connectivity index (χ4v) is 2.45. The fourth-order valence-electron chi connectivity index (χ4n) is 1.66. The zero-order valence-corrected chi connectivity index (χ0v) is 12.3. The van der Waals surface area contributed by atoms with Gasteiger partial charge in [0.25, 0.3) is 0 Å². The van der Waals surface area contributed by atoms with Crippen LogP contribution in [0.5, 0.6) is 0 Å². The van der Waals surface area contributed by atoms with E-state index in [-0.39, 0.29) is 22.2 Å². The average Bonchev–Trinajstić information content (AvgIpc) is 2.73. The van der Waals surface area contributed by atoms with Crippen molar-refractivity contribution in [2.75, 3.05) is 0 Å². The summed E-state index contributed by atoms with van der Waals surface area (Å²) in [7, 11) is -1.20. The summed E-state index contributed by atoms with van der Waals surface area (Å²) in [6.07, 6.45) is 0. The van der Waals surface area contributed by atoms with E-state index in [4.69, 9.17) is 4.42 Å². The maximum absolute atomic E-state index is 13.5. The molecule has 2 aromatic rings. The Bertz CT molecular complexity index is 615. The lowest BCUT2D eigenvalue weighted by Crippen LogP contribution is -2.34. The summed E-state index contributed by atoms with van der Waals surface area (Å²) >= 11 is 0. The van der Waals surface area contributed by atoms with Gasteiger partial charge in [0.05, 0.1) is 21.8 Å². The molecule has 1 unspecified atom stereocenters. The van der Waals surface area contributed by atoms with Crippen molar-refractivity contribution in [3.05, 3.63) is 35.8 Å². The molecule has 0 aliphatic heterocycles. The molecule has 1 heterocycles. The number of fused-ring (bicyclic) bond motifs is 1. The number of rotatable bonds is 3. The van der Waals surface area contributed by atoms with Gasteiger partial charge < -0.3 is 4.42 Å². The van der Waals surface area contributed by atoms with Gasteiger partial charge in [-0.15, -0.1) is 0 Å². The van der Waals surface area contributed by atoms with Gasteiger partial charge in [0.1, 0.15) is 5.76 Å². The van der Waals surface area contributed by atoms with E-state index >= 15 is 0 Å². The molecule has 19 heavy (non-hydrogen) atoms. The monoisotopic (exact) mass is 283 g/mol. The second-order valence-electron chi connectivity index (χ2n) is 5.53. The van der Waals surface area contributed by atoms with Gasteiger partial charge in [0.15, 0.2) is 11.4 Å². The predicted molar refractivity (Wildman–Crippen MR) is 75.6 cm³/mol. The number of benzene rings is 1. The molecule has 2 rings (SSSR count). The molecule has 0 saturated heterocycles. The van der Waals surface area contributed by atoms with Gasteiger partial charge >= 0.3 is 0 Å². The predicted octanol–water partition coefficient (Wildman–Crippen LogP) is 3.68. The van der Waals surface area contributed by atoms with Crippen molar-refractivity contribution in [3.8, 4) is 0 Å². The van der Waals surface area contributed by atoms with Crippen LogP contribution in [0.3, 0.4) is 0 Å². The van der Waals surface area contributed by atoms with Crippen LogP contribution in [0.15, 0.2) is 28.7 Å². The van der Waals surface area contributed by atoms with E-state index in [1.54, 1.807) is 18.2 Å². The van der Waals surface area contributed by atoms with E-state index < -0.39 is 11.0 Å². The molecule has 5 heteroatoms. The van der Waals surface area contributed by atoms with Crippen LogP contribution in [-0.2, 0) is 11.0 Å². The molecular formula is C14H18FNO2S. The van der Waals surface area contributed by atoms with Crippen molar-refractivity contribution in [1.29, 1.82) is 0 Å². The minimum atomic E-state index is -1.20. The highest BCUT2D eigenvalue weighted by molar-refractivity contribution is 7.84. The molecule has 0 fully saturated rings. The zero-order valence-electron chi connectivity index (χ0n) is 11.5. The molecule has 1 N–H and O–H groups in total. The van der Waals surface area contributed by atoms with Gasteiger partial charge in [-0.25, -0.2) is 13.3 Å². The summed E-state index contributed by atoms with van der Waals surface area (Å²) in [6, 6.07) is 6.32. The summed E-state index contributed by atoms with van der Waals surface area (Å²) in [5.74, 6) is 0.200. The topological polar surface area (TPSA) is 42.2 Å². The van der Waals surface area contributed by atoms with Crippen molar-refractivity contribution in [2.24, 2.45) is 0 Å². The minimum absolute atomic E-state index is 0.243. The van der Waals surface area contributed by atoms with Crippen molar-refractivity contribution >= 4 is 22.0 Å². The number of nitrogens with one attached hydrogen (secondary N) is 1. The fraction of sp³-hybridized carbons (Fsp3) is 0.429. The number of hydrogen-bond donors (Lipinski definition) is 1. The molecular weight excluding hydrogens is 265 g/mol. The van der Waals surface area contributed by atoms with Crippen LogP contribution in [0.25, 0.3) is 11.0 Å². The molecule has 0 bridgehead atoms. The average molecular weight is 283 g/mol. The first kappa shape index (κ1) is 14.2. The van der Waals surface area contributed by atoms with Crippen molar-refractivity contribution in [1.82, 2.24) is 4.72 Å². The highest BCUT2D eigenvalue weighted by Gasteiger charge is 2.23. The Morgan fingerprint density at radius 1 is 1.37 bits per heavy atom. The summed E-state index contributed by atoms with van der Waals surface area (Å²) in [4.78, 5) is 0. The van der Waals surface area contributed by atoms with E-state index in [9.17, 15) is 8.60 Å². The van der Waals surface area contributed by atoms with Crippen LogP contribution in [0.1, 0.15) is 39.5 Å². The Morgan fingerprint density at radius 3 is 2.63 bits per heavy atom. The largest absolute Gasteiger partial charge is 0.456 e. The molecule has 0 aliphatic carbocycles. The van der Waals surface area contributed by atoms with Gasteiger partial charge in [-0.05, 0) is 39.8 Å². The molecule has 0 saturated carbocycles. The second kappa shape index (κ2) is 5.06. The molecule has 104 valence electrons. The lowest BCUT2D eigenvalue weighted by Gasteiger charge is -2.20. The Kier molecular flexibility index (Phi) is 3.78. The van der Waals surface area contributed by atoms with E-state index in [1.165, 1.54) is 6.07 Å². The van der Waals surface area contributed by atoms with Gasteiger partial charge in [-0.2, -0.15) is 0 Å². The third kappa shape index (κ3) is 3.04. The molecule has 0 amide bonds. The Morgan fingerprint density at radius 2 is 2.05 bits per heavy atom. The maximum Gasteiger partial charge on any atom is 0.169 e. The van der Waals surface area contributed by atoms with E-state index in [0.29, 0.717) is 11.1 Å². The lowest BCUT2D eigenvalue weighted by atomic mass is 10.2. The molecule has 3 nitrogen and oxygen atoms in total. The molecule has 1 aromatic heterocycles. The molecule has 0 aliphatic rings. The van der Waals surface area contributed by atoms with Crippen molar-refractivity contribution in [3.63, 3.8) is 0 Å². The maximum atomic E-state index is 13.5. The Labute approximate surface area is 114 Å². The molecule has 1 aromatic carbocycles. The summed E-state index contributed by atoms with van der Waals surface area (Å²) < 4.78 is 33.7. The van der Waals surface area contributed by atoms with E-state index in [1.807, 2.05) is 27.7 Å². The first-order chi connectivity index (χ1) is 8.79. The smallest absolute Gasteiger partial charge is 0.169 e. The van der Waals surface area contributed by atoms with Crippen LogP contribution in [0.4, 0.5) is 4.39 Å². The Hall–Kier alpha value is -1.20. The van der Waals surface area contributed by atoms with Crippen LogP contribution in [0.2, 0.25) is 0 Å². The van der Waals surface area contributed by atoms with Crippen LogP contribution in [-0.4, -0.2) is 8.96 Å². The van der Waals surface area contributed by atoms with Gasteiger partial charge in [-0.1, -0.05) is 12.1 Å². The molecule has 0 spiro atoms. The number of hydrogen-bond acceptors (Lipinski definition) is 2. The lowest BCUT2D eigenvalue weighted by molar-refractivity contribution is 0.477. The first-order valence-electron chi connectivity index (χ1n) is 6.15. The van der Waals surface area contributed by atoms with Crippen LogP contribution >= 0.6 is 0 Å². The minimum Gasteiger partial charge on any atom is -0.456 e. The standard InChI is InChI=1S/C14H18FNO2S/c1-9(16-19(17)14(2,3)4)12-8-10-6-5-7-11(15)13(10)18-12/h5-9,16H,1-4H3/t9-,19?/m1/s1. The summed E-state index contributed by atoms with van der Waals surface area (Å²) in [5, 5.41) is 0.713. The second-order valence-corrected chi connectivity index (χ2v) is 7.53. The number of para-hydroxylation sites is 1. The Balaban J connectivity index is 2.25. The highest BCUT2D eigenvalue weighted by Crippen LogP contribution is 2.26. The summed E-state index contributed by atoms with van der Waals surface area (Å²) in [5.41, 5.74) is 0.243. The normalized spacial score (nSPS) is 15.6. The highest BCUT2D eigenvalue weighted by atomic mass is 32.2. The van der Waals surface area contributed by atoms with Gasteiger partial charge in [-0.3, -0.25) is 0 Å². The van der Waals surface area contributed by atoms with Gasteiger partial charge in [0, 0.05) is 5.39 Å². The zero-order chi connectivity index (χ0) is 14.2. The quantitative estimate of drug-likeness (QED) is 0.933. The van der Waals surface area contributed by atoms with Crippen molar-refractivity contribution in [2.45, 2.75) is 38.5 Å². The van der Waals surface area contributed by atoms with Crippen molar-refractivity contribution < 1.29 is 13.0 Å². The molecule has 0 radical (unpaired) electrons. The first-order valence-corrected chi connectivity index (χ1v) is 7.30. The van der Waals surface area contributed by atoms with E-state index in [0.717, 1.165) is 0 Å². The van der Waals surface area contributed by atoms with E-state index in [2.05, 4.69) is 4.72 Å². The summed E-state index contributed by atoms with van der Waals surface area (Å²) in [6.45, 7) is 7.52. The number of furan rings is 1. The molecule has 2 atom stereocenters. The SMILES string of the molecule is C[C@@H](NS(=O)C(C)(C)C)c1cc2cccc(F)c2o1. The number of halogens is 1. The van der Waals surface area contributed by atoms with Crippen LogP contribution in [0, 0.1) is 5.82 Å². The van der Waals surface area contributed by atoms with Crippen LogP contribution < -0.4 is 4.72 Å². The third-order valence-corrected chi connectivity index (χ3v) is 4.46.